The summed E-state index contributed by atoms with van der Waals surface area (Å²) in [6.07, 6.45) is 2.53. The summed E-state index contributed by atoms with van der Waals surface area (Å²) in [5.74, 6) is -0.293. The first-order valence-corrected chi connectivity index (χ1v) is 8.68. The number of hydrogen-bond acceptors (Lipinski definition) is 3. The van der Waals surface area contributed by atoms with Crippen LogP contribution >= 0.6 is 0 Å². The Morgan fingerprint density at radius 1 is 1.31 bits per heavy atom. The molecule has 1 aromatic heterocycles. The molecule has 2 aromatic carbocycles. The van der Waals surface area contributed by atoms with Crippen molar-refractivity contribution in [2.45, 2.75) is 32.1 Å². The molecule has 1 unspecified atom stereocenters. The zero-order chi connectivity index (χ0) is 18.3. The molecule has 1 amide bonds. The lowest BCUT2D eigenvalue weighted by Gasteiger charge is -2.17. The minimum atomic E-state index is -0.524. The molecule has 26 heavy (non-hydrogen) atoms. The number of hydrogen-bond donors (Lipinski definition) is 2. The van der Waals surface area contributed by atoms with Crippen LogP contribution in [0, 0.1) is 18.7 Å². The Morgan fingerprint density at radius 3 is 2.85 bits per heavy atom. The second kappa shape index (κ2) is 6.44. The molecule has 0 radical (unpaired) electrons. The highest BCUT2D eigenvalue weighted by atomic mass is 19.1. The van der Waals surface area contributed by atoms with Crippen molar-refractivity contribution in [3.63, 3.8) is 0 Å². The van der Waals surface area contributed by atoms with Crippen LogP contribution in [0.4, 0.5) is 10.1 Å². The summed E-state index contributed by atoms with van der Waals surface area (Å²) in [4.78, 5) is 26.3. The van der Waals surface area contributed by atoms with E-state index in [2.05, 4.69) is 10.3 Å². The molecule has 0 aliphatic heterocycles. The second-order valence-electron chi connectivity index (χ2n) is 6.93. The minimum Gasteiger partial charge on any atom is -0.408 e. The standard InChI is InChI=1S/C20H19FN2O3/c1-11-8-13(4-6-16(11)21)15(12-2-3-12)10-19(24)22-14-5-7-18-17(9-14)23-20(25)26-18/h4-9,12,15H,2-3,10H2,1H3,(H,22,24)(H,23,25). The molecule has 1 atom stereocenters. The first-order valence-electron chi connectivity index (χ1n) is 8.68. The van der Waals surface area contributed by atoms with E-state index < -0.39 is 5.76 Å². The van der Waals surface area contributed by atoms with Crippen LogP contribution in [0.5, 0.6) is 0 Å². The first kappa shape index (κ1) is 16.6. The van der Waals surface area contributed by atoms with Crippen molar-refractivity contribution in [3.05, 3.63) is 63.9 Å². The third kappa shape index (κ3) is 3.40. The lowest BCUT2D eigenvalue weighted by molar-refractivity contribution is -0.116. The SMILES string of the molecule is Cc1cc(C(CC(=O)Nc2ccc3oc(=O)[nH]c3c2)C2CC2)ccc1F. The monoisotopic (exact) mass is 354 g/mol. The molecular formula is C20H19FN2O3. The third-order valence-corrected chi connectivity index (χ3v) is 4.91. The lowest BCUT2D eigenvalue weighted by Crippen LogP contribution is -2.17. The summed E-state index contributed by atoms with van der Waals surface area (Å²) in [6.45, 7) is 1.74. The summed E-state index contributed by atoms with van der Waals surface area (Å²) in [7, 11) is 0. The van der Waals surface area contributed by atoms with Crippen molar-refractivity contribution in [1.29, 1.82) is 0 Å². The van der Waals surface area contributed by atoms with Gasteiger partial charge in [-0.1, -0.05) is 12.1 Å². The summed E-state index contributed by atoms with van der Waals surface area (Å²) in [5, 5.41) is 2.88. The molecule has 0 spiro atoms. The number of H-pyrrole nitrogens is 1. The van der Waals surface area contributed by atoms with Crippen molar-refractivity contribution < 1.29 is 13.6 Å². The fourth-order valence-corrected chi connectivity index (χ4v) is 3.40. The number of carbonyl (C=O) groups is 1. The van der Waals surface area contributed by atoms with Gasteiger partial charge in [0.1, 0.15) is 5.82 Å². The van der Waals surface area contributed by atoms with Gasteiger partial charge in [0, 0.05) is 12.1 Å². The fourth-order valence-electron chi connectivity index (χ4n) is 3.40. The van der Waals surface area contributed by atoms with Crippen LogP contribution in [0.2, 0.25) is 0 Å². The van der Waals surface area contributed by atoms with Crippen molar-refractivity contribution >= 4 is 22.7 Å². The van der Waals surface area contributed by atoms with Crippen molar-refractivity contribution in [2.75, 3.05) is 5.32 Å². The molecule has 6 heteroatoms. The number of benzene rings is 2. The first-order chi connectivity index (χ1) is 12.5. The molecule has 1 fully saturated rings. The highest BCUT2D eigenvalue weighted by Gasteiger charge is 2.34. The van der Waals surface area contributed by atoms with Gasteiger partial charge in [-0.15, -0.1) is 0 Å². The number of anilines is 1. The predicted molar refractivity (Wildman–Crippen MR) is 96.7 cm³/mol. The zero-order valence-electron chi connectivity index (χ0n) is 14.3. The molecule has 1 aliphatic carbocycles. The number of fused-ring (bicyclic) bond motifs is 1. The van der Waals surface area contributed by atoms with E-state index in [0.717, 1.165) is 18.4 Å². The smallest absolute Gasteiger partial charge is 0.408 e. The molecule has 0 saturated heterocycles. The maximum atomic E-state index is 13.5. The Kier molecular flexibility index (Phi) is 4.11. The average Bonchev–Trinajstić information content (AvgIpc) is 3.36. The second-order valence-corrected chi connectivity index (χ2v) is 6.93. The Balaban J connectivity index is 1.50. The van der Waals surface area contributed by atoms with E-state index in [9.17, 15) is 14.0 Å². The van der Waals surface area contributed by atoms with Crippen LogP contribution in [0.1, 0.15) is 36.3 Å². The van der Waals surface area contributed by atoms with Crippen LogP contribution < -0.4 is 11.1 Å². The lowest BCUT2D eigenvalue weighted by atomic mass is 9.89. The van der Waals surface area contributed by atoms with E-state index >= 15 is 0 Å². The van der Waals surface area contributed by atoms with Crippen LogP contribution in [-0.2, 0) is 4.79 Å². The fraction of sp³-hybridized carbons (Fsp3) is 0.300. The van der Waals surface area contributed by atoms with Gasteiger partial charge >= 0.3 is 5.76 Å². The number of aromatic amines is 1. The molecule has 4 rings (SSSR count). The van der Waals surface area contributed by atoms with Gasteiger partial charge in [-0.05, 0) is 67.0 Å². The Hall–Kier alpha value is -2.89. The number of nitrogens with one attached hydrogen (secondary N) is 2. The molecule has 1 heterocycles. The van der Waals surface area contributed by atoms with E-state index in [1.165, 1.54) is 6.07 Å². The highest BCUT2D eigenvalue weighted by Crippen LogP contribution is 2.44. The number of rotatable bonds is 5. The maximum absolute atomic E-state index is 13.5. The molecule has 3 aromatic rings. The van der Waals surface area contributed by atoms with Gasteiger partial charge in [-0.2, -0.15) is 0 Å². The summed E-state index contributed by atoms with van der Waals surface area (Å²) in [5.41, 5.74) is 3.20. The van der Waals surface area contributed by atoms with E-state index in [4.69, 9.17) is 4.42 Å². The minimum absolute atomic E-state index is 0.0896. The van der Waals surface area contributed by atoms with Gasteiger partial charge in [0.2, 0.25) is 5.91 Å². The van der Waals surface area contributed by atoms with E-state index in [-0.39, 0.29) is 17.6 Å². The normalized spacial score (nSPS) is 15.2. The molecule has 0 bridgehead atoms. The average molecular weight is 354 g/mol. The van der Waals surface area contributed by atoms with Gasteiger partial charge in [-0.25, -0.2) is 9.18 Å². The van der Waals surface area contributed by atoms with Crippen LogP contribution in [0.25, 0.3) is 11.1 Å². The summed E-state index contributed by atoms with van der Waals surface area (Å²) < 4.78 is 18.5. The number of carbonyl (C=O) groups excluding carboxylic acids is 1. The van der Waals surface area contributed by atoms with Crippen molar-refractivity contribution in [3.8, 4) is 0 Å². The van der Waals surface area contributed by atoms with E-state index in [1.807, 2.05) is 6.07 Å². The molecule has 5 nitrogen and oxygen atoms in total. The van der Waals surface area contributed by atoms with Gasteiger partial charge in [0.25, 0.3) is 0 Å². The number of aromatic nitrogens is 1. The van der Waals surface area contributed by atoms with Gasteiger partial charge < -0.3 is 9.73 Å². The Labute approximate surface area is 149 Å². The Bertz CT molecular complexity index is 1030. The van der Waals surface area contributed by atoms with Gasteiger partial charge in [0.05, 0.1) is 5.52 Å². The Morgan fingerprint density at radius 2 is 2.12 bits per heavy atom. The number of oxazole rings is 1. The molecule has 1 aliphatic rings. The quantitative estimate of drug-likeness (QED) is 0.725. The third-order valence-electron chi connectivity index (χ3n) is 4.91. The molecule has 1 saturated carbocycles. The highest BCUT2D eigenvalue weighted by molar-refractivity contribution is 5.93. The van der Waals surface area contributed by atoms with Gasteiger partial charge in [-0.3, -0.25) is 9.78 Å². The zero-order valence-corrected chi connectivity index (χ0v) is 14.3. The molecule has 134 valence electrons. The van der Waals surface area contributed by atoms with Crippen molar-refractivity contribution in [2.24, 2.45) is 5.92 Å². The number of amides is 1. The summed E-state index contributed by atoms with van der Waals surface area (Å²) >= 11 is 0. The molecule has 2 N–H and O–H groups in total. The topological polar surface area (TPSA) is 75.1 Å². The van der Waals surface area contributed by atoms with Gasteiger partial charge in [0.15, 0.2) is 5.58 Å². The van der Waals surface area contributed by atoms with Crippen LogP contribution in [0.15, 0.2) is 45.6 Å². The predicted octanol–water partition coefficient (Wildman–Crippen LogP) is 4.09. The molecular weight excluding hydrogens is 335 g/mol. The van der Waals surface area contributed by atoms with E-state index in [0.29, 0.717) is 34.7 Å². The van der Waals surface area contributed by atoms with E-state index in [1.54, 1.807) is 31.2 Å². The van der Waals surface area contributed by atoms with Crippen molar-refractivity contribution in [1.82, 2.24) is 4.98 Å². The summed E-state index contributed by atoms with van der Waals surface area (Å²) in [6, 6.07) is 10.1. The van der Waals surface area contributed by atoms with Crippen LogP contribution in [-0.4, -0.2) is 10.9 Å². The maximum Gasteiger partial charge on any atom is 0.417 e. The number of aryl methyl sites for hydroxylation is 1. The number of halogens is 1. The largest absolute Gasteiger partial charge is 0.417 e. The van der Waals surface area contributed by atoms with Crippen LogP contribution in [0.3, 0.4) is 0 Å².